The van der Waals surface area contributed by atoms with Gasteiger partial charge in [-0.2, -0.15) is 11.3 Å². The van der Waals surface area contributed by atoms with E-state index in [0.29, 0.717) is 30.7 Å². The first-order valence-corrected chi connectivity index (χ1v) is 9.04. The van der Waals surface area contributed by atoms with E-state index in [1.807, 2.05) is 28.8 Å². The van der Waals surface area contributed by atoms with Gasteiger partial charge in [-0.3, -0.25) is 15.3 Å². The number of hydrogen-bond acceptors (Lipinski definition) is 5. The van der Waals surface area contributed by atoms with E-state index in [9.17, 15) is 0 Å². The van der Waals surface area contributed by atoms with Crippen LogP contribution in [0.5, 0.6) is 0 Å². The Morgan fingerprint density at radius 2 is 2.08 bits per heavy atom. The molecule has 2 aromatic rings. The van der Waals surface area contributed by atoms with E-state index in [-0.39, 0.29) is 0 Å². The van der Waals surface area contributed by atoms with Crippen molar-refractivity contribution in [2.24, 2.45) is 11.6 Å². The fourth-order valence-corrected chi connectivity index (χ4v) is 2.98. The summed E-state index contributed by atoms with van der Waals surface area (Å²) in [5, 5.41) is 6.55. The zero-order valence-corrected chi connectivity index (χ0v) is 15.4. The molecule has 1 aliphatic heterocycles. The fraction of sp³-hybridized carbons (Fsp3) is 0.412. The van der Waals surface area contributed by atoms with Crippen molar-refractivity contribution in [3.05, 3.63) is 35.5 Å². The third-order valence-corrected chi connectivity index (χ3v) is 4.47. The molecule has 0 saturated carbocycles. The number of nitrogens with zero attached hydrogens (tertiary/aromatic N) is 3. The van der Waals surface area contributed by atoms with Gasteiger partial charge >= 0.3 is 5.96 Å². The smallest absolute Gasteiger partial charge is 0.380 e. The molecular formula is C17H25ClN7O+. The van der Waals surface area contributed by atoms with Crippen molar-refractivity contribution in [2.45, 2.75) is 6.42 Å². The van der Waals surface area contributed by atoms with Gasteiger partial charge in [0.25, 0.3) is 0 Å². The molecule has 9 heteroatoms. The topological polar surface area (TPSA) is 104 Å². The van der Waals surface area contributed by atoms with Crippen molar-refractivity contribution in [1.82, 2.24) is 15.5 Å². The molecule has 0 radical (unpaired) electrons. The number of hydrogen-bond donors (Lipinski definition) is 4. The summed E-state index contributed by atoms with van der Waals surface area (Å²) in [5.74, 6) is 6.48. The van der Waals surface area contributed by atoms with Gasteiger partial charge in [-0.25, -0.2) is 0 Å². The molecular weight excluding hydrogens is 354 g/mol. The Labute approximate surface area is 157 Å². The Bertz CT molecular complexity index is 775. The maximum Gasteiger partial charge on any atom is 0.380 e. The van der Waals surface area contributed by atoms with Crippen LogP contribution in [0.15, 0.2) is 30.5 Å². The van der Waals surface area contributed by atoms with Crippen LogP contribution in [-0.2, 0) is 4.74 Å². The van der Waals surface area contributed by atoms with Gasteiger partial charge in [0.1, 0.15) is 0 Å². The van der Waals surface area contributed by atoms with Crippen LogP contribution < -0.4 is 22.3 Å². The number of benzene rings is 1. The van der Waals surface area contributed by atoms with Crippen LogP contribution in [0, 0.1) is 0 Å². The normalized spacial score (nSPS) is 14.5. The highest BCUT2D eigenvalue weighted by atomic mass is 35.5. The number of anilines is 1. The van der Waals surface area contributed by atoms with Crippen molar-refractivity contribution < 1.29 is 9.31 Å². The van der Waals surface area contributed by atoms with Gasteiger partial charge in [0.2, 0.25) is 0 Å². The molecule has 0 unspecified atom stereocenters. The second kappa shape index (κ2) is 9.00. The first-order valence-electron chi connectivity index (χ1n) is 8.67. The standard InChI is InChI=1S/C17H24ClN7O/c18-13-2-3-14-15(4-7-22-16(14)12-13)21-5-1-6-23-25(20)17(19)24-8-10-26-11-9-24/h2-4,7,12,19,23H,1,5-6,8-11,20H2,(H,21,22)/p+1. The first-order chi connectivity index (χ1) is 12.6. The summed E-state index contributed by atoms with van der Waals surface area (Å²) in [7, 11) is 0. The highest BCUT2D eigenvalue weighted by molar-refractivity contribution is 6.31. The van der Waals surface area contributed by atoms with Gasteiger partial charge in [0.05, 0.1) is 31.8 Å². The van der Waals surface area contributed by atoms with Gasteiger partial charge in [0, 0.05) is 35.4 Å². The number of hydrazine groups is 2. The molecule has 1 saturated heterocycles. The Morgan fingerprint density at radius 3 is 2.88 bits per heavy atom. The van der Waals surface area contributed by atoms with Gasteiger partial charge in [0.15, 0.2) is 0 Å². The number of nitrogens with one attached hydrogen (secondary N) is 2. The van der Waals surface area contributed by atoms with Gasteiger partial charge in [-0.1, -0.05) is 11.6 Å². The molecule has 1 aliphatic rings. The number of halogens is 1. The molecule has 0 atom stereocenters. The maximum absolute atomic E-state index is 6.06. The molecule has 1 aromatic carbocycles. The summed E-state index contributed by atoms with van der Waals surface area (Å²) in [6.07, 6.45) is 2.65. The maximum atomic E-state index is 6.06. The average molecular weight is 379 g/mol. The van der Waals surface area contributed by atoms with Crippen molar-refractivity contribution >= 4 is 34.2 Å². The van der Waals surface area contributed by atoms with Crippen LogP contribution >= 0.6 is 11.6 Å². The number of rotatable bonds is 6. The van der Waals surface area contributed by atoms with Crippen LogP contribution in [0.25, 0.3) is 10.9 Å². The molecule has 0 amide bonds. The van der Waals surface area contributed by atoms with E-state index in [2.05, 4.69) is 15.7 Å². The minimum Gasteiger partial charge on any atom is -0.384 e. The Kier molecular flexibility index (Phi) is 6.45. The minimum atomic E-state index is 0.512. The van der Waals surface area contributed by atoms with Crippen LogP contribution in [0.1, 0.15) is 6.42 Å². The minimum absolute atomic E-state index is 0.512. The lowest BCUT2D eigenvalue weighted by atomic mass is 10.2. The molecule has 0 spiro atoms. The summed E-state index contributed by atoms with van der Waals surface area (Å²) < 4.78 is 7.31. The predicted octanol–water partition coefficient (Wildman–Crippen LogP) is 0.728. The second-order valence-corrected chi connectivity index (χ2v) is 6.47. The zero-order valence-electron chi connectivity index (χ0n) is 14.6. The Hall–Kier alpha value is -2.13. The van der Waals surface area contributed by atoms with Crippen molar-refractivity contribution in [1.29, 1.82) is 0 Å². The number of aromatic nitrogens is 1. The number of morpholine rings is 1. The highest BCUT2D eigenvalue weighted by Crippen LogP contribution is 2.24. The van der Waals surface area contributed by atoms with E-state index in [0.717, 1.165) is 42.6 Å². The number of ether oxygens (including phenoxy) is 1. The molecule has 0 bridgehead atoms. The fourth-order valence-electron chi connectivity index (χ4n) is 2.81. The van der Waals surface area contributed by atoms with Gasteiger partial charge in [-0.15, -0.1) is 5.12 Å². The van der Waals surface area contributed by atoms with E-state index >= 15 is 0 Å². The Balaban J connectivity index is 1.46. The molecule has 1 aromatic heterocycles. The third-order valence-electron chi connectivity index (χ3n) is 4.24. The lowest BCUT2D eigenvalue weighted by Gasteiger charge is -2.20. The lowest BCUT2D eigenvalue weighted by Crippen LogP contribution is -2.57. The summed E-state index contributed by atoms with van der Waals surface area (Å²) in [4.78, 5) is 4.34. The zero-order chi connectivity index (χ0) is 18.4. The van der Waals surface area contributed by atoms with Crippen molar-refractivity contribution in [3.63, 3.8) is 0 Å². The summed E-state index contributed by atoms with van der Waals surface area (Å²) >= 11 is 6.02. The van der Waals surface area contributed by atoms with Crippen LogP contribution in [0.2, 0.25) is 5.02 Å². The number of guanidine groups is 1. The van der Waals surface area contributed by atoms with Gasteiger partial charge < -0.3 is 10.1 Å². The monoisotopic (exact) mass is 378 g/mol. The highest BCUT2D eigenvalue weighted by Gasteiger charge is 2.17. The van der Waals surface area contributed by atoms with Crippen LogP contribution in [-0.4, -0.2) is 60.0 Å². The molecule has 2 heterocycles. The summed E-state index contributed by atoms with van der Waals surface area (Å²) in [6, 6.07) is 7.67. The molecule has 0 aliphatic carbocycles. The van der Waals surface area contributed by atoms with E-state index in [4.69, 9.17) is 27.9 Å². The molecule has 140 valence electrons. The van der Waals surface area contributed by atoms with Gasteiger partial charge in [-0.05, 0) is 30.7 Å². The molecule has 26 heavy (non-hydrogen) atoms. The molecule has 3 rings (SSSR count). The second-order valence-electron chi connectivity index (χ2n) is 6.04. The van der Waals surface area contributed by atoms with Crippen LogP contribution in [0.3, 0.4) is 0 Å². The lowest BCUT2D eigenvalue weighted by molar-refractivity contribution is -0.555. The Morgan fingerprint density at radius 1 is 1.27 bits per heavy atom. The summed E-state index contributed by atoms with van der Waals surface area (Å²) in [6.45, 7) is 4.33. The van der Waals surface area contributed by atoms with Crippen molar-refractivity contribution in [3.8, 4) is 0 Å². The molecule has 1 fully saturated rings. The largest absolute Gasteiger partial charge is 0.384 e. The SMILES string of the molecule is NC(N(N)NCCCNc1ccnc2cc(Cl)ccc12)=[N+]1CCOCC1. The van der Waals surface area contributed by atoms with E-state index in [1.54, 1.807) is 6.20 Å². The van der Waals surface area contributed by atoms with Crippen molar-refractivity contribution in [2.75, 3.05) is 44.7 Å². The molecule has 6 N–H and O–H groups in total. The average Bonchev–Trinajstić information content (AvgIpc) is 2.67. The quantitative estimate of drug-likeness (QED) is 0.193. The van der Waals surface area contributed by atoms with E-state index in [1.165, 1.54) is 5.12 Å². The number of nitrogens with two attached hydrogens (primary N) is 2. The summed E-state index contributed by atoms with van der Waals surface area (Å²) in [5.41, 5.74) is 11.1. The van der Waals surface area contributed by atoms with E-state index < -0.39 is 0 Å². The number of pyridine rings is 1. The first kappa shape index (κ1) is 18.7. The predicted molar refractivity (Wildman–Crippen MR) is 104 cm³/mol. The van der Waals surface area contributed by atoms with Crippen LogP contribution in [0.4, 0.5) is 5.69 Å². The number of fused-ring (bicyclic) bond motifs is 1. The molecule has 8 nitrogen and oxygen atoms in total. The third kappa shape index (κ3) is 4.73.